The summed E-state index contributed by atoms with van der Waals surface area (Å²) >= 11 is 0. The molecule has 3 aromatic rings. The van der Waals surface area contributed by atoms with Gasteiger partial charge in [0, 0.05) is 30.1 Å². The van der Waals surface area contributed by atoms with Gasteiger partial charge in [-0.05, 0) is 29.8 Å². The highest BCUT2D eigenvalue weighted by Gasteiger charge is 2.20. The lowest BCUT2D eigenvalue weighted by molar-refractivity contribution is 0.0733. The molecule has 1 aliphatic rings. The van der Waals surface area contributed by atoms with Crippen LogP contribution in [-0.4, -0.2) is 33.7 Å². The van der Waals surface area contributed by atoms with Crippen LogP contribution in [0.4, 0.5) is 0 Å². The summed E-state index contributed by atoms with van der Waals surface area (Å²) in [6.07, 6.45) is 3.69. The number of para-hydroxylation sites is 1. The van der Waals surface area contributed by atoms with Crippen molar-refractivity contribution >= 4 is 5.91 Å². The van der Waals surface area contributed by atoms with Crippen LogP contribution < -0.4 is 4.74 Å². The second-order valence-electron chi connectivity index (χ2n) is 6.08. The van der Waals surface area contributed by atoms with Crippen LogP contribution in [0, 0.1) is 0 Å². The van der Waals surface area contributed by atoms with Crippen LogP contribution in [-0.2, 0) is 13.1 Å². The lowest BCUT2D eigenvalue weighted by Gasteiger charge is -2.20. The average molecular weight is 333 g/mol. The van der Waals surface area contributed by atoms with Crippen LogP contribution in [0.3, 0.4) is 0 Å². The summed E-state index contributed by atoms with van der Waals surface area (Å²) in [5.74, 6) is 0.901. The molecule has 0 unspecified atom stereocenters. The number of carbonyl (C=O) groups is 1. The predicted molar refractivity (Wildman–Crippen MR) is 94.4 cm³/mol. The molecule has 0 radical (unpaired) electrons. The number of amides is 1. The largest absolute Gasteiger partial charge is 0.491 e. The van der Waals surface area contributed by atoms with Crippen molar-refractivity contribution in [3.63, 3.8) is 0 Å². The second kappa shape index (κ2) is 6.81. The van der Waals surface area contributed by atoms with Gasteiger partial charge in [0.15, 0.2) is 0 Å². The maximum Gasteiger partial charge on any atom is 0.254 e. The summed E-state index contributed by atoms with van der Waals surface area (Å²) in [7, 11) is 0. The highest BCUT2D eigenvalue weighted by Crippen LogP contribution is 2.23. The molecule has 5 nitrogen and oxygen atoms in total. The highest BCUT2D eigenvalue weighted by molar-refractivity contribution is 5.94. The van der Waals surface area contributed by atoms with Crippen molar-refractivity contribution in [1.82, 2.24) is 14.7 Å². The number of carbonyl (C=O) groups excluding carboxylic acids is 1. The van der Waals surface area contributed by atoms with E-state index in [4.69, 9.17) is 4.74 Å². The third-order valence-corrected chi connectivity index (χ3v) is 4.34. The Kier molecular flexibility index (Phi) is 4.21. The molecule has 1 aromatic heterocycles. The monoisotopic (exact) mass is 333 g/mol. The molecule has 0 fully saturated rings. The minimum Gasteiger partial charge on any atom is -0.491 e. The summed E-state index contributed by atoms with van der Waals surface area (Å²) in [6.45, 7) is 2.37. The fourth-order valence-corrected chi connectivity index (χ4v) is 3.02. The molecule has 0 atom stereocenters. The van der Waals surface area contributed by atoms with E-state index in [1.165, 1.54) is 0 Å². The Morgan fingerprint density at radius 3 is 2.72 bits per heavy atom. The summed E-state index contributed by atoms with van der Waals surface area (Å²) in [6, 6.07) is 17.5. The Labute approximate surface area is 146 Å². The number of fused-ring (bicyclic) bond motifs is 1. The third kappa shape index (κ3) is 3.40. The normalized spacial score (nSPS) is 13.7. The predicted octanol–water partition coefficient (Wildman–Crippen LogP) is 2.97. The quantitative estimate of drug-likeness (QED) is 0.740. The van der Waals surface area contributed by atoms with Crippen LogP contribution >= 0.6 is 0 Å². The van der Waals surface area contributed by atoms with Crippen molar-refractivity contribution in [2.24, 2.45) is 0 Å². The smallest absolute Gasteiger partial charge is 0.254 e. The molecular weight excluding hydrogens is 314 g/mol. The van der Waals surface area contributed by atoms with Gasteiger partial charge in [-0.2, -0.15) is 5.10 Å². The zero-order valence-corrected chi connectivity index (χ0v) is 13.8. The van der Waals surface area contributed by atoms with Crippen molar-refractivity contribution < 1.29 is 9.53 Å². The first kappa shape index (κ1) is 15.4. The Balaban J connectivity index is 1.49. The molecule has 0 spiro atoms. The molecular formula is C20H19N3O2. The Morgan fingerprint density at radius 1 is 1.08 bits per heavy atom. The molecule has 4 rings (SSSR count). The van der Waals surface area contributed by atoms with Crippen LogP contribution in [0.1, 0.15) is 21.5 Å². The average Bonchev–Trinajstić information content (AvgIpc) is 3.05. The van der Waals surface area contributed by atoms with Gasteiger partial charge in [-0.25, -0.2) is 0 Å². The van der Waals surface area contributed by atoms with Crippen LogP contribution in [0.15, 0.2) is 67.0 Å². The first-order valence-corrected chi connectivity index (χ1v) is 8.36. The molecule has 126 valence electrons. The second-order valence-corrected chi connectivity index (χ2v) is 6.08. The van der Waals surface area contributed by atoms with E-state index >= 15 is 0 Å². The van der Waals surface area contributed by atoms with E-state index < -0.39 is 0 Å². The maximum atomic E-state index is 12.8. The fourth-order valence-electron chi connectivity index (χ4n) is 3.02. The minimum absolute atomic E-state index is 0.0333. The Bertz CT molecular complexity index is 857. The molecule has 0 bridgehead atoms. The van der Waals surface area contributed by atoms with Gasteiger partial charge in [0.1, 0.15) is 12.4 Å². The van der Waals surface area contributed by atoms with E-state index in [2.05, 4.69) is 5.10 Å². The number of hydrogen-bond donors (Lipinski definition) is 0. The van der Waals surface area contributed by atoms with Gasteiger partial charge in [0.2, 0.25) is 0 Å². The summed E-state index contributed by atoms with van der Waals surface area (Å²) in [5, 5.41) is 4.20. The lowest BCUT2D eigenvalue weighted by Crippen LogP contribution is -2.32. The topological polar surface area (TPSA) is 47.4 Å². The van der Waals surface area contributed by atoms with Crippen molar-refractivity contribution in [1.29, 1.82) is 0 Å². The number of aromatic nitrogens is 2. The Morgan fingerprint density at radius 2 is 1.92 bits per heavy atom. The van der Waals surface area contributed by atoms with Gasteiger partial charge in [-0.1, -0.05) is 30.3 Å². The number of benzene rings is 2. The van der Waals surface area contributed by atoms with Gasteiger partial charge >= 0.3 is 0 Å². The first-order valence-electron chi connectivity index (χ1n) is 8.36. The van der Waals surface area contributed by atoms with E-state index in [0.717, 1.165) is 16.9 Å². The molecule has 0 N–H and O–H groups in total. The maximum absolute atomic E-state index is 12.8. The van der Waals surface area contributed by atoms with Crippen molar-refractivity contribution in [2.45, 2.75) is 13.1 Å². The molecule has 2 aromatic carbocycles. The molecule has 1 aliphatic heterocycles. The van der Waals surface area contributed by atoms with E-state index in [9.17, 15) is 4.79 Å². The fraction of sp³-hybridized carbons (Fsp3) is 0.200. The molecule has 0 saturated carbocycles. The molecule has 0 saturated heterocycles. The van der Waals surface area contributed by atoms with Gasteiger partial charge in [0.05, 0.1) is 13.1 Å². The van der Waals surface area contributed by atoms with E-state index in [0.29, 0.717) is 31.8 Å². The zero-order chi connectivity index (χ0) is 17.1. The van der Waals surface area contributed by atoms with Crippen LogP contribution in [0.5, 0.6) is 5.75 Å². The number of nitrogens with zero attached hydrogens (tertiary/aromatic N) is 3. The van der Waals surface area contributed by atoms with E-state index in [-0.39, 0.29) is 5.91 Å². The van der Waals surface area contributed by atoms with Gasteiger partial charge in [0.25, 0.3) is 5.91 Å². The van der Waals surface area contributed by atoms with Gasteiger partial charge in [-0.15, -0.1) is 0 Å². The van der Waals surface area contributed by atoms with Crippen LogP contribution in [0.2, 0.25) is 0 Å². The highest BCUT2D eigenvalue weighted by atomic mass is 16.5. The van der Waals surface area contributed by atoms with E-state index in [1.54, 1.807) is 6.20 Å². The SMILES string of the molecule is O=C(c1ccc(Cn2cccn2)cc1)N1CCOc2ccccc2C1. The molecule has 2 heterocycles. The molecule has 5 heteroatoms. The first-order chi connectivity index (χ1) is 12.3. The third-order valence-electron chi connectivity index (χ3n) is 4.34. The lowest BCUT2D eigenvalue weighted by atomic mass is 10.1. The molecule has 25 heavy (non-hydrogen) atoms. The number of ether oxygens (including phenoxy) is 1. The zero-order valence-electron chi connectivity index (χ0n) is 13.8. The van der Waals surface area contributed by atoms with Gasteiger partial charge < -0.3 is 9.64 Å². The van der Waals surface area contributed by atoms with Crippen molar-refractivity contribution in [2.75, 3.05) is 13.2 Å². The standard InChI is InChI=1S/C20H19N3O2/c24-20(22-12-13-25-19-5-2-1-4-18(19)15-22)17-8-6-16(7-9-17)14-23-11-3-10-21-23/h1-11H,12-15H2. The van der Waals surface area contributed by atoms with Crippen LogP contribution in [0.25, 0.3) is 0 Å². The van der Waals surface area contributed by atoms with E-state index in [1.807, 2.05) is 70.4 Å². The number of rotatable bonds is 3. The summed E-state index contributed by atoms with van der Waals surface area (Å²) < 4.78 is 7.60. The van der Waals surface area contributed by atoms with Gasteiger partial charge in [-0.3, -0.25) is 9.48 Å². The summed E-state index contributed by atoms with van der Waals surface area (Å²) in [5.41, 5.74) is 2.86. The molecule has 0 aliphatic carbocycles. The molecule has 1 amide bonds. The minimum atomic E-state index is 0.0333. The van der Waals surface area contributed by atoms with Crippen molar-refractivity contribution in [3.05, 3.63) is 83.7 Å². The van der Waals surface area contributed by atoms with Crippen molar-refractivity contribution in [3.8, 4) is 5.75 Å². The Hall–Kier alpha value is -3.08. The number of hydrogen-bond acceptors (Lipinski definition) is 3. The summed E-state index contributed by atoms with van der Waals surface area (Å²) in [4.78, 5) is 14.7.